The Bertz CT molecular complexity index is 399. The quantitative estimate of drug-likeness (QED) is 0.668. The molecule has 0 radical (unpaired) electrons. The van der Waals surface area contributed by atoms with Crippen molar-refractivity contribution < 1.29 is 9.59 Å². The van der Waals surface area contributed by atoms with Gasteiger partial charge in [-0.2, -0.15) is 0 Å². The Morgan fingerprint density at radius 1 is 0.857 bits per heavy atom. The summed E-state index contributed by atoms with van der Waals surface area (Å²) in [6, 6.07) is 0. The molecule has 0 spiro atoms. The lowest BCUT2D eigenvalue weighted by atomic mass is 8.92. The molecule has 14 heavy (non-hydrogen) atoms. The van der Waals surface area contributed by atoms with Crippen LogP contribution in [0.2, 0.25) is 0 Å². The van der Waals surface area contributed by atoms with Crippen molar-refractivity contribution in [2.45, 2.75) is 0 Å². The smallest absolute Gasteiger partial charge is 0.228 e. The summed E-state index contributed by atoms with van der Waals surface area (Å²) in [7, 11) is 0. The lowest BCUT2D eigenvalue weighted by Crippen LogP contribution is -3.11. The summed E-state index contributed by atoms with van der Waals surface area (Å²) in [4.78, 5) is 22.8. The van der Waals surface area contributed by atoms with Crippen LogP contribution >= 0.6 is 23.2 Å². The normalized spacial score (nSPS) is 77.0. The summed E-state index contributed by atoms with van der Waals surface area (Å²) in [5, 5.41) is -0.395. The molecular formula is C10H6Cl2O2. The fourth-order valence-electron chi connectivity index (χ4n) is 6.38. The zero-order valence-corrected chi connectivity index (χ0v) is 8.55. The standard InChI is InChI=1S/C10H6Cl2O2/c11-7(13)9-3-1-4-2(3)6(9)10(4,5(1)9)8(12)14/h1-6H. The van der Waals surface area contributed by atoms with Crippen molar-refractivity contribution in [1.82, 2.24) is 0 Å². The van der Waals surface area contributed by atoms with Gasteiger partial charge in [-0.05, 0) is 58.7 Å². The molecule has 6 aliphatic carbocycles. The molecule has 6 saturated carbocycles. The van der Waals surface area contributed by atoms with Gasteiger partial charge in [-0.15, -0.1) is 0 Å². The van der Waals surface area contributed by atoms with Crippen LogP contribution in [-0.2, 0) is 9.59 Å². The second-order valence-corrected chi connectivity index (χ2v) is 6.26. The van der Waals surface area contributed by atoms with Gasteiger partial charge in [0.2, 0.25) is 10.5 Å². The van der Waals surface area contributed by atoms with Crippen LogP contribution in [0.5, 0.6) is 0 Å². The van der Waals surface area contributed by atoms with Gasteiger partial charge in [-0.3, -0.25) is 9.59 Å². The molecule has 0 bridgehead atoms. The number of halogens is 2. The molecule has 2 nitrogen and oxygen atoms in total. The van der Waals surface area contributed by atoms with Crippen molar-refractivity contribution in [3.05, 3.63) is 0 Å². The van der Waals surface area contributed by atoms with E-state index in [1.54, 1.807) is 0 Å². The highest BCUT2D eigenvalue weighted by atomic mass is 35.5. The van der Waals surface area contributed by atoms with Crippen LogP contribution in [0.1, 0.15) is 0 Å². The van der Waals surface area contributed by atoms with Crippen molar-refractivity contribution in [3.63, 3.8) is 0 Å². The first-order valence-electron chi connectivity index (χ1n) is 5.02. The zero-order valence-electron chi connectivity index (χ0n) is 7.04. The lowest BCUT2D eigenvalue weighted by molar-refractivity contribution is -0.621. The predicted molar refractivity (Wildman–Crippen MR) is 47.5 cm³/mol. The highest BCUT2D eigenvalue weighted by Crippen LogP contribution is 3.10. The van der Waals surface area contributed by atoms with Gasteiger partial charge in [0.25, 0.3) is 0 Å². The maximum Gasteiger partial charge on any atom is 0.228 e. The van der Waals surface area contributed by atoms with Gasteiger partial charge in [0.15, 0.2) is 0 Å². The van der Waals surface area contributed by atoms with Crippen LogP contribution in [0, 0.1) is 46.3 Å². The first-order valence-corrected chi connectivity index (χ1v) is 5.77. The summed E-state index contributed by atoms with van der Waals surface area (Å²) in [6.45, 7) is 0. The molecule has 0 atom stereocenters. The number of carbonyl (C=O) groups excluding carboxylic acids is 2. The second-order valence-electron chi connectivity index (χ2n) is 5.58. The highest BCUT2D eigenvalue weighted by Gasteiger charge is 3.12. The van der Waals surface area contributed by atoms with E-state index in [1.807, 2.05) is 0 Å². The zero-order chi connectivity index (χ0) is 9.62. The Hall–Kier alpha value is -0.0800. The summed E-state index contributed by atoms with van der Waals surface area (Å²) < 4.78 is 0. The first kappa shape index (κ1) is 7.24. The molecule has 0 heterocycles. The van der Waals surface area contributed by atoms with Gasteiger partial charge < -0.3 is 0 Å². The second kappa shape index (κ2) is 1.42. The van der Waals surface area contributed by atoms with Gasteiger partial charge >= 0.3 is 0 Å². The predicted octanol–water partition coefficient (Wildman–Crippen LogP) is 1.26. The van der Waals surface area contributed by atoms with Crippen molar-refractivity contribution in [1.29, 1.82) is 0 Å². The monoisotopic (exact) mass is 228 g/mol. The highest BCUT2D eigenvalue weighted by molar-refractivity contribution is 6.67. The minimum absolute atomic E-state index is 0.198. The number of hydrogen-bond acceptors (Lipinski definition) is 2. The molecular weight excluding hydrogens is 223 g/mol. The van der Waals surface area contributed by atoms with Crippen molar-refractivity contribution in [3.8, 4) is 0 Å². The van der Waals surface area contributed by atoms with Crippen molar-refractivity contribution >= 4 is 33.7 Å². The molecule has 0 aliphatic heterocycles. The molecule has 0 saturated heterocycles. The molecule has 4 heteroatoms. The van der Waals surface area contributed by atoms with E-state index < -0.39 is 0 Å². The van der Waals surface area contributed by atoms with E-state index >= 15 is 0 Å². The summed E-state index contributed by atoms with van der Waals surface area (Å²) >= 11 is 11.3. The molecule has 6 aliphatic rings. The Kier molecular flexibility index (Phi) is 0.735. The molecule has 6 rings (SSSR count). The number of hydrogen-bond donors (Lipinski definition) is 0. The van der Waals surface area contributed by atoms with E-state index in [-0.39, 0.29) is 33.2 Å². The fourth-order valence-corrected chi connectivity index (χ4v) is 7.10. The summed E-state index contributed by atoms with van der Waals surface area (Å²) in [6.07, 6.45) is 0. The minimum Gasteiger partial charge on any atom is -0.281 e. The Morgan fingerprint density at radius 2 is 1.21 bits per heavy atom. The molecule has 0 aromatic heterocycles. The number of carbonyl (C=O) groups is 2. The number of rotatable bonds is 2. The first-order chi connectivity index (χ1) is 6.62. The average Bonchev–Trinajstić information content (AvgIpc) is 2.16. The van der Waals surface area contributed by atoms with Crippen LogP contribution < -0.4 is 0 Å². The Morgan fingerprint density at radius 3 is 1.50 bits per heavy atom. The molecule has 0 unspecified atom stereocenters. The van der Waals surface area contributed by atoms with E-state index in [2.05, 4.69) is 0 Å². The van der Waals surface area contributed by atoms with Crippen LogP contribution in [0.4, 0.5) is 0 Å². The lowest BCUT2D eigenvalue weighted by Gasteiger charge is -3.09. The third-order valence-corrected chi connectivity index (χ3v) is 6.93. The van der Waals surface area contributed by atoms with Gasteiger partial charge in [0.05, 0.1) is 10.8 Å². The van der Waals surface area contributed by atoms with Crippen LogP contribution in [-0.4, -0.2) is 10.5 Å². The van der Waals surface area contributed by atoms with Gasteiger partial charge in [-0.1, -0.05) is 0 Å². The van der Waals surface area contributed by atoms with E-state index in [4.69, 9.17) is 23.2 Å². The largest absolute Gasteiger partial charge is 0.281 e. The maximum atomic E-state index is 11.4. The molecule has 6 fully saturated rings. The van der Waals surface area contributed by atoms with E-state index in [9.17, 15) is 9.59 Å². The minimum atomic E-state index is -0.268. The molecule has 0 amide bonds. The van der Waals surface area contributed by atoms with Gasteiger partial charge in [-0.25, -0.2) is 0 Å². The van der Waals surface area contributed by atoms with Crippen molar-refractivity contribution in [2.24, 2.45) is 46.3 Å². The van der Waals surface area contributed by atoms with E-state index in [1.165, 1.54) is 0 Å². The third-order valence-electron chi connectivity index (χ3n) is 6.27. The van der Waals surface area contributed by atoms with Gasteiger partial charge in [0, 0.05) is 0 Å². The maximum absolute atomic E-state index is 11.4. The molecule has 0 aromatic carbocycles. The van der Waals surface area contributed by atoms with E-state index in [0.29, 0.717) is 23.7 Å². The van der Waals surface area contributed by atoms with E-state index in [0.717, 1.165) is 0 Å². The average molecular weight is 229 g/mol. The third kappa shape index (κ3) is 0.275. The van der Waals surface area contributed by atoms with Crippen LogP contribution in [0.25, 0.3) is 0 Å². The molecule has 0 N–H and O–H groups in total. The SMILES string of the molecule is O=C(Cl)C12C3C4C5C3C1C5(C(=O)Cl)C42. The Balaban J connectivity index is 1.71. The topological polar surface area (TPSA) is 34.1 Å². The fraction of sp³-hybridized carbons (Fsp3) is 0.800. The van der Waals surface area contributed by atoms with Crippen LogP contribution in [0.3, 0.4) is 0 Å². The molecule has 72 valence electrons. The van der Waals surface area contributed by atoms with Crippen LogP contribution in [0.15, 0.2) is 0 Å². The Labute approximate surface area is 89.9 Å². The van der Waals surface area contributed by atoms with Crippen molar-refractivity contribution in [2.75, 3.05) is 0 Å². The summed E-state index contributed by atoms with van der Waals surface area (Å²) in [5.41, 5.74) is -0.535. The molecule has 0 aromatic rings. The summed E-state index contributed by atoms with van der Waals surface area (Å²) in [5.74, 6) is 2.85. The van der Waals surface area contributed by atoms with Gasteiger partial charge in [0.1, 0.15) is 0 Å².